The molecule has 3 nitrogen and oxygen atoms in total. The molecule has 1 aromatic carbocycles. The molecule has 1 aromatic rings. The maximum atomic E-state index is 13.7. The Morgan fingerprint density at radius 1 is 1.62 bits per heavy atom. The molecule has 0 fully saturated rings. The molecule has 1 rings (SSSR count). The monoisotopic (exact) mass is 288 g/mol. The van der Waals surface area contributed by atoms with Gasteiger partial charge in [0.25, 0.3) is 0 Å². The van der Waals surface area contributed by atoms with Crippen LogP contribution in [-0.4, -0.2) is 12.5 Å². The zero-order chi connectivity index (χ0) is 12.3. The molecule has 0 aliphatic heterocycles. The van der Waals surface area contributed by atoms with Crippen LogP contribution in [0.4, 0.5) is 4.39 Å². The van der Waals surface area contributed by atoms with Crippen molar-refractivity contribution in [3.8, 4) is 0 Å². The first kappa shape index (κ1) is 13.1. The average molecular weight is 289 g/mol. The first-order valence-corrected chi connectivity index (χ1v) is 5.71. The van der Waals surface area contributed by atoms with Crippen molar-refractivity contribution in [3.05, 3.63) is 34.1 Å². The van der Waals surface area contributed by atoms with Gasteiger partial charge >= 0.3 is 0 Å². The highest BCUT2D eigenvalue weighted by Crippen LogP contribution is 2.26. The van der Waals surface area contributed by atoms with E-state index in [9.17, 15) is 9.18 Å². The van der Waals surface area contributed by atoms with Gasteiger partial charge < -0.3 is 11.1 Å². The first-order valence-electron chi connectivity index (χ1n) is 4.92. The SMILES string of the molecule is CCNC(C)(C(N)=O)c1cc(Br)ccc1F. The molecule has 0 aliphatic carbocycles. The van der Waals surface area contributed by atoms with Gasteiger partial charge in [-0.1, -0.05) is 22.9 Å². The third kappa shape index (κ3) is 2.41. The largest absolute Gasteiger partial charge is 0.368 e. The van der Waals surface area contributed by atoms with Crippen molar-refractivity contribution in [2.75, 3.05) is 6.54 Å². The molecule has 0 spiro atoms. The van der Waals surface area contributed by atoms with E-state index in [1.54, 1.807) is 19.1 Å². The predicted octanol–water partition coefficient (Wildman–Crippen LogP) is 1.90. The molecule has 0 saturated heterocycles. The molecule has 5 heteroatoms. The number of nitrogens with one attached hydrogen (secondary N) is 1. The van der Waals surface area contributed by atoms with Crippen LogP contribution >= 0.6 is 15.9 Å². The summed E-state index contributed by atoms with van der Waals surface area (Å²) in [7, 11) is 0. The van der Waals surface area contributed by atoms with Crippen molar-refractivity contribution in [3.63, 3.8) is 0 Å². The highest BCUT2D eigenvalue weighted by molar-refractivity contribution is 9.10. The normalized spacial score (nSPS) is 14.5. The van der Waals surface area contributed by atoms with E-state index in [-0.39, 0.29) is 5.56 Å². The van der Waals surface area contributed by atoms with E-state index in [1.807, 2.05) is 6.92 Å². The number of primary amides is 1. The smallest absolute Gasteiger partial charge is 0.242 e. The Labute approximate surface area is 102 Å². The Kier molecular flexibility index (Phi) is 4.04. The zero-order valence-corrected chi connectivity index (χ0v) is 10.8. The van der Waals surface area contributed by atoms with Gasteiger partial charge in [0.05, 0.1) is 0 Å². The maximum Gasteiger partial charge on any atom is 0.242 e. The number of halogens is 2. The van der Waals surface area contributed by atoms with Crippen LogP contribution in [0.2, 0.25) is 0 Å². The minimum absolute atomic E-state index is 0.247. The number of likely N-dealkylation sites (N-methyl/N-ethyl adjacent to an activating group) is 1. The molecule has 0 aromatic heterocycles. The van der Waals surface area contributed by atoms with E-state index >= 15 is 0 Å². The van der Waals surface area contributed by atoms with Gasteiger partial charge in [0.2, 0.25) is 5.91 Å². The summed E-state index contributed by atoms with van der Waals surface area (Å²) in [6.45, 7) is 3.92. The van der Waals surface area contributed by atoms with Crippen molar-refractivity contribution < 1.29 is 9.18 Å². The van der Waals surface area contributed by atoms with E-state index in [0.717, 1.165) is 0 Å². The second-order valence-corrected chi connectivity index (χ2v) is 4.56. The second-order valence-electron chi connectivity index (χ2n) is 3.64. The molecule has 88 valence electrons. The average Bonchev–Trinajstić information content (AvgIpc) is 2.21. The van der Waals surface area contributed by atoms with Crippen molar-refractivity contribution in [1.29, 1.82) is 0 Å². The van der Waals surface area contributed by atoms with Crippen LogP contribution in [0.1, 0.15) is 19.4 Å². The molecule has 0 aliphatic rings. The predicted molar refractivity (Wildman–Crippen MR) is 64.3 cm³/mol. The van der Waals surface area contributed by atoms with Gasteiger partial charge in [0, 0.05) is 10.0 Å². The van der Waals surface area contributed by atoms with E-state index in [4.69, 9.17) is 5.73 Å². The summed E-state index contributed by atoms with van der Waals surface area (Å²) < 4.78 is 14.4. The van der Waals surface area contributed by atoms with Crippen molar-refractivity contribution in [2.45, 2.75) is 19.4 Å². The van der Waals surface area contributed by atoms with Gasteiger partial charge in [-0.25, -0.2) is 4.39 Å². The fourth-order valence-corrected chi connectivity index (χ4v) is 1.91. The van der Waals surface area contributed by atoms with Gasteiger partial charge in [0.15, 0.2) is 0 Å². The van der Waals surface area contributed by atoms with Crippen LogP contribution in [0, 0.1) is 5.82 Å². The zero-order valence-electron chi connectivity index (χ0n) is 9.18. The highest BCUT2D eigenvalue weighted by Gasteiger charge is 2.34. The number of nitrogens with two attached hydrogens (primary N) is 1. The molecule has 0 saturated carbocycles. The van der Waals surface area contributed by atoms with Crippen LogP contribution in [0.15, 0.2) is 22.7 Å². The molecule has 1 unspecified atom stereocenters. The van der Waals surface area contributed by atoms with Crippen molar-refractivity contribution in [2.24, 2.45) is 5.73 Å². The number of amides is 1. The lowest BCUT2D eigenvalue weighted by Crippen LogP contribution is -2.50. The van der Waals surface area contributed by atoms with Gasteiger partial charge in [-0.05, 0) is 31.7 Å². The van der Waals surface area contributed by atoms with Crippen molar-refractivity contribution >= 4 is 21.8 Å². The van der Waals surface area contributed by atoms with Crippen LogP contribution in [0.25, 0.3) is 0 Å². The Balaban J connectivity index is 3.31. The van der Waals surface area contributed by atoms with Crippen LogP contribution in [0.3, 0.4) is 0 Å². The summed E-state index contributed by atoms with van der Waals surface area (Å²) in [6, 6.07) is 4.44. The molecular weight excluding hydrogens is 275 g/mol. The van der Waals surface area contributed by atoms with Crippen LogP contribution < -0.4 is 11.1 Å². The molecule has 1 atom stereocenters. The van der Waals surface area contributed by atoms with Crippen molar-refractivity contribution in [1.82, 2.24) is 5.32 Å². The lowest BCUT2D eigenvalue weighted by molar-refractivity contribution is -0.124. The molecular formula is C11H14BrFN2O. The lowest BCUT2D eigenvalue weighted by Gasteiger charge is -2.28. The standard InChI is InChI=1S/C11H14BrFN2O/c1-3-15-11(2,10(14)16)8-6-7(12)4-5-9(8)13/h4-6,15H,3H2,1-2H3,(H2,14,16). The van der Waals surface area contributed by atoms with Crippen LogP contribution in [0.5, 0.6) is 0 Å². The van der Waals surface area contributed by atoms with Gasteiger partial charge in [-0.15, -0.1) is 0 Å². The fraction of sp³-hybridized carbons (Fsp3) is 0.364. The maximum absolute atomic E-state index is 13.7. The molecule has 3 N–H and O–H groups in total. The summed E-state index contributed by atoms with van der Waals surface area (Å²) in [5.41, 5.74) is 4.38. The third-order valence-corrected chi connectivity index (χ3v) is 2.98. The quantitative estimate of drug-likeness (QED) is 0.889. The summed E-state index contributed by atoms with van der Waals surface area (Å²) in [5, 5.41) is 2.91. The number of hydrogen-bond acceptors (Lipinski definition) is 2. The van der Waals surface area contributed by atoms with Gasteiger partial charge in [-0.3, -0.25) is 4.79 Å². The lowest BCUT2D eigenvalue weighted by atomic mass is 9.90. The summed E-state index contributed by atoms with van der Waals surface area (Å²) in [4.78, 5) is 11.5. The first-order chi connectivity index (χ1) is 7.41. The number of carbonyl (C=O) groups excluding carboxylic acids is 1. The van der Waals surface area contributed by atoms with E-state index in [0.29, 0.717) is 11.0 Å². The van der Waals surface area contributed by atoms with Gasteiger partial charge in [-0.2, -0.15) is 0 Å². The Bertz CT molecular complexity index is 411. The van der Waals surface area contributed by atoms with Crippen LogP contribution in [-0.2, 0) is 10.3 Å². The van der Waals surface area contributed by atoms with Gasteiger partial charge in [0.1, 0.15) is 11.4 Å². The Morgan fingerprint density at radius 2 is 2.25 bits per heavy atom. The summed E-state index contributed by atoms with van der Waals surface area (Å²) in [5.74, 6) is -1.06. The molecule has 16 heavy (non-hydrogen) atoms. The second kappa shape index (κ2) is 4.93. The van der Waals surface area contributed by atoms with E-state index in [2.05, 4.69) is 21.2 Å². The molecule has 1 amide bonds. The summed E-state index contributed by atoms with van der Waals surface area (Å²) >= 11 is 3.24. The fourth-order valence-electron chi connectivity index (χ4n) is 1.55. The van der Waals surface area contributed by atoms with E-state index < -0.39 is 17.3 Å². The minimum atomic E-state index is -1.19. The summed E-state index contributed by atoms with van der Waals surface area (Å²) in [6.07, 6.45) is 0. The number of carbonyl (C=O) groups is 1. The third-order valence-electron chi connectivity index (χ3n) is 2.49. The number of rotatable bonds is 4. The Hall–Kier alpha value is -0.940. The highest BCUT2D eigenvalue weighted by atomic mass is 79.9. The number of hydrogen-bond donors (Lipinski definition) is 2. The topological polar surface area (TPSA) is 55.1 Å². The van der Waals surface area contributed by atoms with E-state index in [1.165, 1.54) is 6.07 Å². The Morgan fingerprint density at radius 3 is 2.75 bits per heavy atom. The number of benzene rings is 1. The molecule has 0 bridgehead atoms. The molecule has 0 heterocycles. The minimum Gasteiger partial charge on any atom is -0.368 e. The molecule has 0 radical (unpaired) electrons.